The van der Waals surface area contributed by atoms with E-state index in [9.17, 15) is 4.39 Å². The van der Waals surface area contributed by atoms with E-state index in [1.165, 1.54) is 12.4 Å². The van der Waals surface area contributed by atoms with Crippen molar-refractivity contribution in [2.24, 2.45) is 5.73 Å². The van der Waals surface area contributed by atoms with Crippen LogP contribution in [0.2, 0.25) is 0 Å². The minimum atomic E-state index is -1.24. The molecule has 3 nitrogen and oxygen atoms in total. The largest absolute Gasteiger partial charge is 0.327 e. The Bertz CT molecular complexity index is 189. The number of hydrogen-bond donors (Lipinski definition) is 1. The molecular formula is C6H8FN3. The van der Waals surface area contributed by atoms with Crippen LogP contribution in [0, 0.1) is 0 Å². The molecular weight excluding hydrogens is 133 g/mol. The zero-order chi connectivity index (χ0) is 7.40. The van der Waals surface area contributed by atoms with Gasteiger partial charge in [0.2, 0.25) is 0 Å². The maximum absolute atomic E-state index is 12.6. The molecule has 0 aromatic carbocycles. The standard InChI is InChI=1S/C6H8FN3/c7-5(4-8)6-9-2-1-3-10-6/h1-3,5H,4,8H2. The Morgan fingerprint density at radius 2 is 2.10 bits per heavy atom. The number of alkyl halides is 1. The molecule has 0 saturated carbocycles. The summed E-state index contributed by atoms with van der Waals surface area (Å²) in [6, 6.07) is 1.63. The van der Waals surface area contributed by atoms with Crippen molar-refractivity contribution in [3.05, 3.63) is 24.3 Å². The van der Waals surface area contributed by atoms with Crippen LogP contribution in [-0.4, -0.2) is 16.5 Å². The van der Waals surface area contributed by atoms with Gasteiger partial charge >= 0.3 is 0 Å². The van der Waals surface area contributed by atoms with Gasteiger partial charge in [0.25, 0.3) is 0 Å². The van der Waals surface area contributed by atoms with Crippen molar-refractivity contribution in [1.29, 1.82) is 0 Å². The first-order valence-electron chi connectivity index (χ1n) is 2.95. The summed E-state index contributed by atoms with van der Waals surface area (Å²) in [5, 5.41) is 0. The lowest BCUT2D eigenvalue weighted by Crippen LogP contribution is -2.10. The summed E-state index contributed by atoms with van der Waals surface area (Å²) < 4.78 is 12.6. The van der Waals surface area contributed by atoms with Crippen molar-refractivity contribution in [2.45, 2.75) is 6.17 Å². The van der Waals surface area contributed by atoms with Crippen LogP contribution in [0.25, 0.3) is 0 Å². The van der Waals surface area contributed by atoms with E-state index in [2.05, 4.69) is 9.97 Å². The fourth-order valence-corrected chi connectivity index (χ4v) is 0.578. The quantitative estimate of drug-likeness (QED) is 0.650. The average Bonchev–Trinajstić information content (AvgIpc) is 2.05. The Morgan fingerprint density at radius 1 is 1.50 bits per heavy atom. The van der Waals surface area contributed by atoms with Gasteiger partial charge < -0.3 is 5.73 Å². The van der Waals surface area contributed by atoms with Gasteiger partial charge in [0.15, 0.2) is 12.0 Å². The van der Waals surface area contributed by atoms with Crippen molar-refractivity contribution >= 4 is 0 Å². The predicted molar refractivity (Wildman–Crippen MR) is 34.9 cm³/mol. The van der Waals surface area contributed by atoms with Gasteiger partial charge in [-0.2, -0.15) is 0 Å². The molecule has 1 aromatic rings. The Hall–Kier alpha value is -1.03. The molecule has 1 atom stereocenters. The third kappa shape index (κ3) is 1.48. The minimum Gasteiger partial charge on any atom is -0.327 e. The van der Waals surface area contributed by atoms with Crippen LogP contribution in [0.1, 0.15) is 12.0 Å². The number of nitrogens with two attached hydrogens (primary N) is 1. The molecule has 0 aliphatic heterocycles. The highest BCUT2D eigenvalue weighted by Gasteiger charge is 2.07. The van der Waals surface area contributed by atoms with E-state index in [1.807, 2.05) is 0 Å². The molecule has 0 amide bonds. The van der Waals surface area contributed by atoms with Gasteiger partial charge in [-0.05, 0) is 6.07 Å². The van der Waals surface area contributed by atoms with Crippen molar-refractivity contribution < 1.29 is 4.39 Å². The van der Waals surface area contributed by atoms with E-state index in [0.717, 1.165) is 0 Å². The van der Waals surface area contributed by atoms with Crippen LogP contribution in [0.5, 0.6) is 0 Å². The summed E-state index contributed by atoms with van der Waals surface area (Å²) in [5.74, 6) is 0.157. The third-order valence-corrected chi connectivity index (χ3v) is 1.07. The Balaban J connectivity index is 2.75. The molecule has 0 radical (unpaired) electrons. The van der Waals surface area contributed by atoms with E-state index in [4.69, 9.17) is 5.73 Å². The van der Waals surface area contributed by atoms with Gasteiger partial charge in [-0.3, -0.25) is 0 Å². The summed E-state index contributed by atoms with van der Waals surface area (Å²) >= 11 is 0. The van der Waals surface area contributed by atoms with Crippen LogP contribution in [-0.2, 0) is 0 Å². The molecule has 10 heavy (non-hydrogen) atoms. The summed E-state index contributed by atoms with van der Waals surface area (Å²) in [6.45, 7) is -0.0655. The topological polar surface area (TPSA) is 51.8 Å². The number of aromatic nitrogens is 2. The lowest BCUT2D eigenvalue weighted by Gasteiger charge is -2.00. The fourth-order valence-electron chi connectivity index (χ4n) is 0.578. The van der Waals surface area contributed by atoms with Gasteiger partial charge in [-0.15, -0.1) is 0 Å². The van der Waals surface area contributed by atoms with E-state index < -0.39 is 6.17 Å². The molecule has 0 bridgehead atoms. The summed E-state index contributed by atoms with van der Waals surface area (Å²) in [5.41, 5.74) is 5.05. The molecule has 0 fully saturated rings. The SMILES string of the molecule is NCC(F)c1ncccn1. The van der Waals surface area contributed by atoms with Crippen LogP contribution in [0.15, 0.2) is 18.5 Å². The highest BCUT2D eigenvalue weighted by molar-refractivity contribution is 4.92. The van der Waals surface area contributed by atoms with Crippen LogP contribution in [0.4, 0.5) is 4.39 Å². The monoisotopic (exact) mass is 141 g/mol. The first kappa shape index (κ1) is 7.08. The summed E-state index contributed by atoms with van der Waals surface area (Å²) in [6.07, 6.45) is 1.75. The number of rotatable bonds is 2. The maximum atomic E-state index is 12.6. The predicted octanol–water partition coefficient (Wildman–Crippen LogP) is 0.446. The Morgan fingerprint density at radius 3 is 2.60 bits per heavy atom. The molecule has 0 aliphatic rings. The zero-order valence-corrected chi connectivity index (χ0v) is 5.37. The first-order chi connectivity index (χ1) is 4.84. The van der Waals surface area contributed by atoms with E-state index in [-0.39, 0.29) is 12.4 Å². The highest BCUT2D eigenvalue weighted by Crippen LogP contribution is 2.07. The second-order valence-corrected chi connectivity index (χ2v) is 1.81. The van der Waals surface area contributed by atoms with Crippen LogP contribution < -0.4 is 5.73 Å². The molecule has 4 heteroatoms. The molecule has 2 N–H and O–H groups in total. The molecule has 0 spiro atoms. The second kappa shape index (κ2) is 3.22. The van der Waals surface area contributed by atoms with Crippen LogP contribution in [0.3, 0.4) is 0 Å². The lowest BCUT2D eigenvalue weighted by molar-refractivity contribution is 0.336. The zero-order valence-electron chi connectivity index (χ0n) is 5.37. The normalized spacial score (nSPS) is 13.0. The number of halogens is 1. The smallest absolute Gasteiger partial charge is 0.171 e. The Labute approximate surface area is 58.1 Å². The molecule has 0 aliphatic carbocycles. The van der Waals surface area contributed by atoms with Gasteiger partial charge in [-0.1, -0.05) is 0 Å². The van der Waals surface area contributed by atoms with Crippen molar-refractivity contribution in [3.8, 4) is 0 Å². The van der Waals surface area contributed by atoms with Crippen molar-refractivity contribution in [2.75, 3.05) is 6.54 Å². The second-order valence-electron chi connectivity index (χ2n) is 1.81. The van der Waals surface area contributed by atoms with Crippen LogP contribution >= 0.6 is 0 Å². The Kier molecular flexibility index (Phi) is 2.28. The van der Waals surface area contributed by atoms with Gasteiger partial charge in [-0.25, -0.2) is 14.4 Å². The van der Waals surface area contributed by atoms with Gasteiger partial charge in [0.05, 0.1) is 0 Å². The molecule has 0 saturated heterocycles. The maximum Gasteiger partial charge on any atom is 0.171 e. The molecule has 54 valence electrons. The molecule has 1 unspecified atom stereocenters. The lowest BCUT2D eigenvalue weighted by atomic mass is 10.3. The highest BCUT2D eigenvalue weighted by atomic mass is 19.1. The fraction of sp³-hybridized carbons (Fsp3) is 0.333. The van der Waals surface area contributed by atoms with Crippen molar-refractivity contribution in [1.82, 2.24) is 9.97 Å². The summed E-state index contributed by atoms with van der Waals surface area (Å²) in [7, 11) is 0. The van der Waals surface area contributed by atoms with E-state index in [1.54, 1.807) is 6.07 Å². The van der Waals surface area contributed by atoms with Gasteiger partial charge in [0.1, 0.15) is 0 Å². The van der Waals surface area contributed by atoms with E-state index in [0.29, 0.717) is 0 Å². The molecule has 1 aromatic heterocycles. The third-order valence-electron chi connectivity index (χ3n) is 1.07. The number of hydrogen-bond acceptors (Lipinski definition) is 3. The number of nitrogens with zero attached hydrogens (tertiary/aromatic N) is 2. The first-order valence-corrected chi connectivity index (χ1v) is 2.95. The minimum absolute atomic E-state index is 0.0655. The van der Waals surface area contributed by atoms with E-state index >= 15 is 0 Å². The van der Waals surface area contributed by atoms with Crippen molar-refractivity contribution in [3.63, 3.8) is 0 Å². The molecule has 1 heterocycles. The molecule has 1 rings (SSSR count). The summed E-state index contributed by atoms with van der Waals surface area (Å²) in [4.78, 5) is 7.37. The average molecular weight is 141 g/mol. The van der Waals surface area contributed by atoms with Gasteiger partial charge in [0, 0.05) is 18.9 Å².